The Labute approximate surface area is 77.3 Å². The summed E-state index contributed by atoms with van der Waals surface area (Å²) in [6.45, 7) is 20.0. The number of hydrogen-bond acceptors (Lipinski definition) is 0. The maximum atomic E-state index is 3.25. The minimum absolute atomic E-state index is 0. The van der Waals surface area contributed by atoms with Crippen LogP contribution in [0, 0.1) is 27.7 Å². The summed E-state index contributed by atoms with van der Waals surface area (Å²) in [6, 6.07) is 0. The average molecular weight is 164 g/mol. The van der Waals surface area contributed by atoms with Crippen molar-refractivity contribution in [1.82, 2.24) is 0 Å². The van der Waals surface area contributed by atoms with Crippen molar-refractivity contribution in [3.05, 3.63) is 27.7 Å². The number of hydrogen-bond donors (Lipinski definition) is 0. The molecule has 0 N–H and O–H groups in total. The molecule has 0 spiro atoms. The van der Waals surface area contributed by atoms with Gasteiger partial charge < -0.3 is 27.7 Å². The van der Waals surface area contributed by atoms with Gasteiger partial charge >= 0.3 is 21.7 Å². The van der Waals surface area contributed by atoms with Crippen LogP contribution < -0.4 is 0 Å². The van der Waals surface area contributed by atoms with E-state index in [-0.39, 0.29) is 21.7 Å². The van der Waals surface area contributed by atoms with E-state index in [0.717, 1.165) is 0 Å². The third-order valence-electron chi connectivity index (χ3n) is 0. The second-order valence-corrected chi connectivity index (χ2v) is 0. The van der Waals surface area contributed by atoms with E-state index in [0.29, 0.717) is 0 Å². The first-order valence-electron chi connectivity index (χ1n) is 2.83. The van der Waals surface area contributed by atoms with Gasteiger partial charge in [-0.2, -0.15) is 27.7 Å². The Kier molecular flexibility index (Phi) is 3750. The van der Waals surface area contributed by atoms with Crippen LogP contribution in [0.4, 0.5) is 0 Å². The minimum atomic E-state index is 0. The molecule has 0 fully saturated rings. The molecule has 0 aromatic rings. The van der Waals surface area contributed by atoms with Gasteiger partial charge in [0.1, 0.15) is 0 Å². The Hall–Kier alpha value is 0.714. The first kappa shape index (κ1) is 33.2. The van der Waals surface area contributed by atoms with Crippen LogP contribution in [0.2, 0.25) is 0 Å². The molecule has 0 nitrogen and oxygen atoms in total. The Bertz CT molecular complexity index is 4.53. The number of rotatable bonds is 0. The van der Waals surface area contributed by atoms with Gasteiger partial charge in [-0.15, -0.1) is 0 Å². The second kappa shape index (κ2) is 1020. The molecule has 1 heteroatoms. The zero-order valence-electron chi connectivity index (χ0n) is 7.33. The fraction of sp³-hybridized carbons (Fsp3) is 0.500. The molecule has 0 aliphatic rings. The molecule has 0 radical (unpaired) electrons. The van der Waals surface area contributed by atoms with Crippen LogP contribution in [0.1, 0.15) is 27.7 Å². The molecule has 0 saturated heterocycles. The molecule has 0 aromatic carbocycles. The predicted octanol–water partition coefficient (Wildman–Crippen LogP) is 3.36. The molecule has 0 aliphatic carbocycles. The van der Waals surface area contributed by atoms with E-state index in [4.69, 9.17) is 0 Å². The molecule has 0 aromatic heterocycles. The molecule has 0 bridgehead atoms. The molecule has 0 atom stereocenters. The average Bonchev–Trinajstić information content (AvgIpc) is 2.03. The van der Waals surface area contributed by atoms with E-state index < -0.39 is 0 Å². The minimum Gasteiger partial charge on any atom is -0.346 e. The van der Waals surface area contributed by atoms with Crippen LogP contribution in [0.3, 0.4) is 0 Å². The van der Waals surface area contributed by atoms with E-state index in [2.05, 4.69) is 27.7 Å². The van der Waals surface area contributed by atoms with Gasteiger partial charge in [-0.25, -0.2) is 0 Å². The summed E-state index contributed by atoms with van der Waals surface area (Å²) in [6.07, 6.45) is 0. The summed E-state index contributed by atoms with van der Waals surface area (Å²) in [5, 5.41) is 0. The molecular weight excluding hydrogens is 144 g/mol. The quantitative estimate of drug-likeness (QED) is 0.380. The van der Waals surface area contributed by atoms with Crippen molar-refractivity contribution in [3.63, 3.8) is 0 Å². The van der Waals surface area contributed by atoms with Gasteiger partial charge in [0.15, 0.2) is 0 Å². The van der Waals surface area contributed by atoms with E-state index >= 15 is 0 Å². The Morgan fingerprint density at radius 1 is 0.444 bits per heavy atom. The van der Waals surface area contributed by atoms with Crippen molar-refractivity contribution < 1.29 is 21.7 Å². The molecule has 56 valence electrons. The molecule has 0 rings (SSSR count). The van der Waals surface area contributed by atoms with Crippen molar-refractivity contribution in [2.75, 3.05) is 0 Å². The maximum absolute atomic E-state index is 3.25. The fourth-order valence-corrected chi connectivity index (χ4v) is 0. The van der Waals surface area contributed by atoms with Crippen LogP contribution in [0.25, 0.3) is 0 Å². The largest absolute Gasteiger partial charge is 4.00 e. The first-order valence-corrected chi connectivity index (χ1v) is 2.83. The van der Waals surface area contributed by atoms with Gasteiger partial charge in [0.25, 0.3) is 0 Å². The smallest absolute Gasteiger partial charge is 0.346 e. The maximum Gasteiger partial charge on any atom is 4.00 e. The Morgan fingerprint density at radius 3 is 0.444 bits per heavy atom. The zero-order chi connectivity index (χ0) is 8.00. The third-order valence-corrected chi connectivity index (χ3v) is 0. The summed E-state index contributed by atoms with van der Waals surface area (Å²) in [4.78, 5) is 0. The van der Waals surface area contributed by atoms with E-state index in [1.807, 2.05) is 0 Å². The normalized spacial score (nSPS) is 2.67. The molecule has 0 unspecified atom stereocenters. The summed E-state index contributed by atoms with van der Waals surface area (Å²) in [5.74, 6) is 0. The van der Waals surface area contributed by atoms with E-state index in [1.165, 1.54) is 0 Å². The molecular formula is C8H20Ti. The Balaban J connectivity index is -0.00000000762. The second-order valence-electron chi connectivity index (χ2n) is 0. The summed E-state index contributed by atoms with van der Waals surface area (Å²) < 4.78 is 0. The molecule has 0 heterocycles. The van der Waals surface area contributed by atoms with Crippen LogP contribution >= 0.6 is 0 Å². The SMILES string of the molecule is [CH2-]C.[CH2-]C.[CH2-]C.[CH2-]C.[Ti+4]. The van der Waals surface area contributed by atoms with Gasteiger partial charge in [0.05, 0.1) is 0 Å². The topological polar surface area (TPSA) is 0 Å². The Morgan fingerprint density at radius 2 is 0.444 bits per heavy atom. The molecule has 0 aliphatic heterocycles. The predicted molar refractivity (Wildman–Crippen MR) is 44.1 cm³/mol. The molecule has 9 heavy (non-hydrogen) atoms. The van der Waals surface area contributed by atoms with Crippen molar-refractivity contribution in [2.24, 2.45) is 0 Å². The monoisotopic (exact) mass is 164 g/mol. The van der Waals surface area contributed by atoms with Crippen LogP contribution in [-0.4, -0.2) is 0 Å². The molecule has 0 amide bonds. The van der Waals surface area contributed by atoms with E-state index in [9.17, 15) is 0 Å². The summed E-state index contributed by atoms with van der Waals surface area (Å²) in [7, 11) is 0. The van der Waals surface area contributed by atoms with Crippen molar-refractivity contribution in [3.8, 4) is 0 Å². The van der Waals surface area contributed by atoms with Gasteiger partial charge in [0.2, 0.25) is 0 Å². The van der Waals surface area contributed by atoms with Crippen molar-refractivity contribution in [2.45, 2.75) is 27.7 Å². The standard InChI is InChI=1S/4C2H5.Ti/c4*1-2;/h4*1H2,2H3;/q4*-1;+4. The van der Waals surface area contributed by atoms with Crippen molar-refractivity contribution >= 4 is 0 Å². The van der Waals surface area contributed by atoms with Gasteiger partial charge in [-0.1, -0.05) is 0 Å². The van der Waals surface area contributed by atoms with Gasteiger partial charge in [0, 0.05) is 0 Å². The first-order chi connectivity index (χ1) is 4.00. The van der Waals surface area contributed by atoms with Crippen LogP contribution in [0.15, 0.2) is 0 Å². The van der Waals surface area contributed by atoms with Crippen molar-refractivity contribution in [1.29, 1.82) is 0 Å². The van der Waals surface area contributed by atoms with Gasteiger partial charge in [-0.05, 0) is 0 Å². The van der Waals surface area contributed by atoms with Crippen LogP contribution in [-0.2, 0) is 21.7 Å². The summed E-state index contributed by atoms with van der Waals surface area (Å²) in [5.41, 5.74) is 0. The van der Waals surface area contributed by atoms with E-state index in [1.54, 1.807) is 27.7 Å². The fourth-order valence-electron chi connectivity index (χ4n) is 0. The van der Waals surface area contributed by atoms with Crippen LogP contribution in [0.5, 0.6) is 0 Å². The zero-order valence-corrected chi connectivity index (χ0v) is 8.89. The summed E-state index contributed by atoms with van der Waals surface area (Å²) >= 11 is 0. The van der Waals surface area contributed by atoms with Gasteiger partial charge in [-0.3, -0.25) is 0 Å². The molecule has 0 saturated carbocycles. The third kappa shape index (κ3) is 770.